The summed E-state index contributed by atoms with van der Waals surface area (Å²) < 4.78 is 47.1. The van der Waals surface area contributed by atoms with Gasteiger partial charge in [0.1, 0.15) is 40.8 Å². The number of alkyl halides is 3. The van der Waals surface area contributed by atoms with E-state index in [1.54, 1.807) is 18.2 Å². The minimum absolute atomic E-state index is 0.0376. The summed E-state index contributed by atoms with van der Waals surface area (Å²) in [4.78, 5) is 52.5. The Balaban J connectivity index is 1.48. The number of nitrogen functional groups attached to an aromatic ring is 1. The minimum atomic E-state index is -4.60. The number of pyridine rings is 1. The third-order valence-corrected chi connectivity index (χ3v) is 7.43. The number of carbonyl (C=O) groups excluding carboxylic acids is 3. The van der Waals surface area contributed by atoms with Crippen LogP contribution in [-0.2, 0) is 27.0 Å². The maximum Gasteiger partial charge on any atom is 0.416 e. The van der Waals surface area contributed by atoms with Gasteiger partial charge >= 0.3 is 12.3 Å². The van der Waals surface area contributed by atoms with Crippen LogP contribution in [0.3, 0.4) is 0 Å². The van der Waals surface area contributed by atoms with Crippen LogP contribution in [-0.4, -0.2) is 68.6 Å². The van der Waals surface area contributed by atoms with Gasteiger partial charge in [0.05, 0.1) is 23.6 Å². The molecule has 2 atom stereocenters. The molecule has 0 unspecified atom stereocenters. The van der Waals surface area contributed by atoms with Crippen molar-refractivity contribution in [1.29, 1.82) is 0 Å². The fraction of sp³-hybridized carbons (Fsp3) is 0.308. The fourth-order valence-corrected chi connectivity index (χ4v) is 5.43. The van der Waals surface area contributed by atoms with Gasteiger partial charge in [-0.3, -0.25) is 9.59 Å². The van der Waals surface area contributed by atoms with Gasteiger partial charge < -0.3 is 30.6 Å². The lowest BCUT2D eigenvalue weighted by Crippen LogP contribution is -2.44. The van der Waals surface area contributed by atoms with Crippen LogP contribution < -0.4 is 16.4 Å². The van der Waals surface area contributed by atoms with E-state index < -0.39 is 35.7 Å². The molecule has 3 amide bonds. The zero-order chi connectivity index (χ0) is 30.2. The Morgan fingerprint density at radius 1 is 1.19 bits per heavy atom. The lowest BCUT2D eigenvalue weighted by molar-refractivity contribution is -0.137. The highest BCUT2D eigenvalue weighted by Crippen LogP contribution is 2.37. The molecule has 4 N–H and O–H groups in total. The molecule has 4 heterocycles. The Kier molecular flexibility index (Phi) is 7.90. The predicted molar refractivity (Wildman–Crippen MR) is 149 cm³/mol. The van der Waals surface area contributed by atoms with Gasteiger partial charge in [0.15, 0.2) is 0 Å². The Labute approximate surface area is 244 Å². The lowest BCUT2D eigenvalue weighted by atomic mass is 10.1. The molecule has 16 heteroatoms. The predicted octanol–water partition coefficient (Wildman–Crippen LogP) is 3.55. The SMILES string of the molecule is COC(=O)NC[C@H]1C[C@@H](C(=O)Nc2cccc(Br)n2)N(C(=O)Cn2c3ccc(C(F)(F)F)cc3c3c(N)ncnc32)C1. The molecule has 1 saturated heterocycles. The molecular weight excluding hydrogens is 625 g/mol. The number of rotatable bonds is 6. The van der Waals surface area contributed by atoms with Gasteiger partial charge in [0.25, 0.3) is 0 Å². The Morgan fingerprint density at radius 3 is 2.69 bits per heavy atom. The van der Waals surface area contributed by atoms with E-state index in [1.807, 2.05) is 0 Å². The second kappa shape index (κ2) is 11.4. The molecule has 12 nitrogen and oxygen atoms in total. The third-order valence-electron chi connectivity index (χ3n) is 6.99. The molecule has 1 aliphatic rings. The summed E-state index contributed by atoms with van der Waals surface area (Å²) in [5, 5.41) is 5.63. The molecule has 0 spiro atoms. The highest BCUT2D eigenvalue weighted by Gasteiger charge is 2.40. The zero-order valence-corrected chi connectivity index (χ0v) is 23.6. The van der Waals surface area contributed by atoms with Gasteiger partial charge in [-0.1, -0.05) is 6.07 Å². The fourth-order valence-electron chi connectivity index (χ4n) is 5.08. The van der Waals surface area contributed by atoms with Gasteiger partial charge in [-0.2, -0.15) is 13.2 Å². The molecule has 42 heavy (non-hydrogen) atoms. The summed E-state index contributed by atoms with van der Waals surface area (Å²) in [6, 6.07) is 7.16. The van der Waals surface area contributed by atoms with Crippen molar-refractivity contribution in [3.8, 4) is 0 Å². The number of hydrogen-bond donors (Lipinski definition) is 3. The molecular formula is C26H24BrF3N8O4. The Hall–Kier alpha value is -4.47. The average molecular weight is 649 g/mol. The molecule has 1 fully saturated rings. The standard InChI is InChI=1S/C26H24BrF3N8O4/c1-42-25(41)32-9-13-7-17(24(40)36-19-4-2-3-18(27)35-19)37(10-13)20(39)11-38-16-6-5-14(26(28,29)30)8-15(16)21-22(31)33-12-34-23(21)38/h2-6,8,12-13,17H,7,9-11H2,1H3,(H,32,41)(H2,31,33,34)(H,35,36,40)/t13-,17+/m1/s1. The Bertz CT molecular complexity index is 1700. The number of nitrogens with two attached hydrogens (primary N) is 1. The first-order valence-electron chi connectivity index (χ1n) is 12.6. The van der Waals surface area contributed by atoms with Crippen molar-refractivity contribution in [2.24, 2.45) is 5.92 Å². The molecule has 1 aliphatic heterocycles. The van der Waals surface area contributed by atoms with Crippen molar-refractivity contribution in [3.05, 3.63) is 52.9 Å². The second-order valence-corrected chi connectivity index (χ2v) is 10.5. The molecule has 220 valence electrons. The summed E-state index contributed by atoms with van der Waals surface area (Å²) in [5.41, 5.74) is 5.61. The highest BCUT2D eigenvalue weighted by molar-refractivity contribution is 9.10. The quantitative estimate of drug-likeness (QED) is 0.268. The second-order valence-electron chi connectivity index (χ2n) is 9.64. The van der Waals surface area contributed by atoms with E-state index in [4.69, 9.17) is 5.73 Å². The van der Waals surface area contributed by atoms with E-state index in [0.29, 0.717) is 10.1 Å². The number of hydrogen-bond acceptors (Lipinski definition) is 8. The van der Waals surface area contributed by atoms with Crippen molar-refractivity contribution in [2.45, 2.75) is 25.2 Å². The van der Waals surface area contributed by atoms with E-state index in [9.17, 15) is 27.6 Å². The Morgan fingerprint density at radius 2 is 1.98 bits per heavy atom. The maximum atomic E-state index is 13.8. The number of amides is 3. The number of benzene rings is 1. The maximum absolute atomic E-state index is 13.8. The van der Waals surface area contributed by atoms with Gasteiger partial charge in [-0.25, -0.2) is 19.7 Å². The van der Waals surface area contributed by atoms with Crippen molar-refractivity contribution in [2.75, 3.05) is 31.2 Å². The number of nitrogens with one attached hydrogen (secondary N) is 2. The number of likely N-dealkylation sites (tertiary alicyclic amines) is 1. The number of halogens is 4. The number of alkyl carbamates (subject to hydrolysis) is 1. The van der Waals surface area contributed by atoms with Crippen LogP contribution in [0.25, 0.3) is 21.9 Å². The first kappa shape index (κ1) is 29.0. The van der Waals surface area contributed by atoms with E-state index in [2.05, 4.69) is 46.3 Å². The van der Waals surface area contributed by atoms with E-state index in [-0.39, 0.29) is 60.0 Å². The van der Waals surface area contributed by atoms with Gasteiger partial charge in [0.2, 0.25) is 11.8 Å². The number of anilines is 2. The van der Waals surface area contributed by atoms with Crippen molar-refractivity contribution in [1.82, 2.24) is 29.7 Å². The zero-order valence-electron chi connectivity index (χ0n) is 22.0. The number of fused-ring (bicyclic) bond motifs is 3. The van der Waals surface area contributed by atoms with Crippen LogP contribution in [0.4, 0.5) is 29.6 Å². The molecule has 3 aromatic heterocycles. The van der Waals surface area contributed by atoms with Crippen LogP contribution >= 0.6 is 15.9 Å². The number of methoxy groups -OCH3 is 1. The topological polar surface area (TPSA) is 157 Å². The highest BCUT2D eigenvalue weighted by atomic mass is 79.9. The van der Waals surface area contributed by atoms with E-state index >= 15 is 0 Å². The summed E-state index contributed by atoms with van der Waals surface area (Å²) in [6.07, 6.45) is -3.87. The number of ether oxygens (including phenoxy) is 1. The van der Waals surface area contributed by atoms with Crippen molar-refractivity contribution in [3.63, 3.8) is 0 Å². The van der Waals surface area contributed by atoms with Crippen LogP contribution in [0.15, 0.2) is 47.3 Å². The molecule has 0 radical (unpaired) electrons. The first-order chi connectivity index (χ1) is 20.0. The molecule has 0 saturated carbocycles. The van der Waals surface area contributed by atoms with E-state index in [1.165, 1.54) is 22.6 Å². The number of carbonyl (C=O) groups is 3. The average Bonchev–Trinajstić information content (AvgIpc) is 3.51. The van der Waals surface area contributed by atoms with Crippen LogP contribution in [0.5, 0.6) is 0 Å². The molecule has 4 aromatic rings. The van der Waals surface area contributed by atoms with Crippen LogP contribution in [0, 0.1) is 5.92 Å². The van der Waals surface area contributed by atoms with Gasteiger partial charge in [-0.05, 0) is 58.6 Å². The molecule has 0 aliphatic carbocycles. The van der Waals surface area contributed by atoms with Crippen LogP contribution in [0.1, 0.15) is 12.0 Å². The number of nitrogens with zero attached hydrogens (tertiary/aromatic N) is 5. The smallest absolute Gasteiger partial charge is 0.416 e. The van der Waals surface area contributed by atoms with Crippen LogP contribution in [0.2, 0.25) is 0 Å². The normalized spacial score (nSPS) is 17.0. The molecule has 1 aromatic carbocycles. The summed E-state index contributed by atoms with van der Waals surface area (Å²) in [6.45, 7) is -0.0775. The monoisotopic (exact) mass is 648 g/mol. The third kappa shape index (κ3) is 5.79. The van der Waals surface area contributed by atoms with E-state index in [0.717, 1.165) is 18.5 Å². The summed E-state index contributed by atoms with van der Waals surface area (Å²) in [5.74, 6) is -1.03. The molecule has 0 bridgehead atoms. The van der Waals surface area contributed by atoms with Gasteiger partial charge in [0, 0.05) is 18.5 Å². The lowest BCUT2D eigenvalue weighted by Gasteiger charge is -2.24. The van der Waals surface area contributed by atoms with Crippen molar-refractivity contribution >= 4 is 67.4 Å². The first-order valence-corrected chi connectivity index (χ1v) is 13.4. The minimum Gasteiger partial charge on any atom is -0.453 e. The summed E-state index contributed by atoms with van der Waals surface area (Å²) >= 11 is 3.25. The van der Waals surface area contributed by atoms with Crippen molar-refractivity contribution < 1.29 is 32.3 Å². The van der Waals surface area contributed by atoms with Gasteiger partial charge in [-0.15, -0.1) is 0 Å². The molecule has 5 rings (SSSR count). The summed E-state index contributed by atoms with van der Waals surface area (Å²) in [7, 11) is 1.22. The largest absolute Gasteiger partial charge is 0.453 e. The number of aromatic nitrogens is 4.